The van der Waals surface area contributed by atoms with Gasteiger partial charge < -0.3 is 10.1 Å². The van der Waals surface area contributed by atoms with E-state index in [2.05, 4.69) is 44.3 Å². The normalized spacial score (nSPS) is 25.3. The van der Waals surface area contributed by atoms with Crippen molar-refractivity contribution in [3.8, 4) is 0 Å². The van der Waals surface area contributed by atoms with E-state index in [1.165, 1.54) is 23.1 Å². The molecule has 100 valence electrons. The summed E-state index contributed by atoms with van der Waals surface area (Å²) < 4.78 is 5.90. The van der Waals surface area contributed by atoms with Crippen molar-refractivity contribution in [2.75, 3.05) is 13.7 Å². The first-order valence-corrected chi connectivity index (χ1v) is 6.97. The Hall–Kier alpha value is -0.860. The van der Waals surface area contributed by atoms with Crippen LogP contribution in [-0.2, 0) is 11.2 Å². The van der Waals surface area contributed by atoms with Crippen LogP contribution < -0.4 is 5.32 Å². The van der Waals surface area contributed by atoms with Crippen LogP contribution >= 0.6 is 0 Å². The molecule has 1 aromatic rings. The molecule has 0 amide bonds. The third-order valence-corrected chi connectivity index (χ3v) is 4.16. The Bertz CT molecular complexity index is 402. The molecular formula is C16H25NO. The summed E-state index contributed by atoms with van der Waals surface area (Å²) >= 11 is 0. The van der Waals surface area contributed by atoms with E-state index < -0.39 is 0 Å². The molecule has 0 aliphatic carbocycles. The van der Waals surface area contributed by atoms with Gasteiger partial charge in [0, 0.05) is 12.6 Å². The zero-order chi connectivity index (χ0) is 13.1. The van der Waals surface area contributed by atoms with Gasteiger partial charge in [-0.3, -0.25) is 0 Å². The first-order valence-electron chi connectivity index (χ1n) is 6.97. The molecule has 1 aliphatic rings. The van der Waals surface area contributed by atoms with Gasteiger partial charge in [-0.1, -0.05) is 30.7 Å². The largest absolute Gasteiger partial charge is 0.376 e. The number of benzene rings is 1. The van der Waals surface area contributed by atoms with E-state index in [1.807, 2.05) is 7.05 Å². The van der Waals surface area contributed by atoms with Crippen molar-refractivity contribution in [2.45, 2.75) is 45.8 Å². The molecule has 1 N–H and O–H groups in total. The van der Waals surface area contributed by atoms with E-state index in [1.54, 1.807) is 0 Å². The van der Waals surface area contributed by atoms with Crippen molar-refractivity contribution in [3.63, 3.8) is 0 Å². The molecule has 1 aliphatic heterocycles. The lowest BCUT2D eigenvalue weighted by atomic mass is 9.91. The molecule has 0 spiro atoms. The molecule has 1 saturated heterocycles. The number of rotatable bonds is 4. The van der Waals surface area contributed by atoms with Gasteiger partial charge >= 0.3 is 0 Å². The number of nitrogens with one attached hydrogen (secondary N) is 1. The van der Waals surface area contributed by atoms with Crippen LogP contribution in [0, 0.1) is 19.8 Å². The maximum absolute atomic E-state index is 5.90. The fraction of sp³-hybridized carbons (Fsp3) is 0.625. The molecule has 18 heavy (non-hydrogen) atoms. The Morgan fingerprint density at radius 2 is 2.17 bits per heavy atom. The standard InChI is InChI=1S/C16H25NO/c1-11-5-6-12(2)14(9-11)10-15(17-4)16-13(3)7-8-18-16/h5-6,9,13,15-17H,7-8,10H2,1-4H3. The highest BCUT2D eigenvalue weighted by Crippen LogP contribution is 2.25. The van der Waals surface area contributed by atoms with Crippen LogP contribution in [0.4, 0.5) is 0 Å². The van der Waals surface area contributed by atoms with E-state index in [-0.39, 0.29) is 0 Å². The molecule has 1 heterocycles. The zero-order valence-corrected chi connectivity index (χ0v) is 12.0. The van der Waals surface area contributed by atoms with E-state index in [9.17, 15) is 0 Å². The van der Waals surface area contributed by atoms with Crippen molar-refractivity contribution in [2.24, 2.45) is 5.92 Å². The lowest BCUT2D eigenvalue weighted by Crippen LogP contribution is -2.42. The number of hydrogen-bond acceptors (Lipinski definition) is 2. The van der Waals surface area contributed by atoms with Crippen molar-refractivity contribution >= 4 is 0 Å². The van der Waals surface area contributed by atoms with E-state index in [4.69, 9.17) is 4.74 Å². The average Bonchev–Trinajstić information content (AvgIpc) is 2.77. The second-order valence-electron chi connectivity index (χ2n) is 5.63. The molecule has 0 radical (unpaired) electrons. The number of likely N-dealkylation sites (N-methyl/N-ethyl adjacent to an activating group) is 1. The highest BCUT2D eigenvalue weighted by atomic mass is 16.5. The molecule has 2 rings (SSSR count). The van der Waals surface area contributed by atoms with Crippen LogP contribution in [0.1, 0.15) is 30.0 Å². The molecular weight excluding hydrogens is 222 g/mol. The van der Waals surface area contributed by atoms with Crippen LogP contribution in [0.3, 0.4) is 0 Å². The summed E-state index contributed by atoms with van der Waals surface area (Å²) in [6.07, 6.45) is 2.60. The molecule has 1 fully saturated rings. The third kappa shape index (κ3) is 2.93. The zero-order valence-electron chi connectivity index (χ0n) is 12.0. The smallest absolute Gasteiger partial charge is 0.0757 e. The Labute approximate surface area is 111 Å². The second kappa shape index (κ2) is 5.85. The topological polar surface area (TPSA) is 21.3 Å². The predicted octanol–water partition coefficient (Wildman–Crippen LogP) is 2.86. The Balaban J connectivity index is 2.12. The highest BCUT2D eigenvalue weighted by molar-refractivity contribution is 5.31. The van der Waals surface area contributed by atoms with Crippen LogP contribution in [0.15, 0.2) is 18.2 Å². The fourth-order valence-electron chi connectivity index (χ4n) is 2.87. The molecule has 2 heteroatoms. The van der Waals surface area contributed by atoms with Crippen molar-refractivity contribution in [1.82, 2.24) is 5.32 Å². The Kier molecular flexibility index (Phi) is 4.41. The number of aryl methyl sites for hydroxylation is 2. The molecule has 0 saturated carbocycles. The van der Waals surface area contributed by atoms with Gasteiger partial charge in [-0.2, -0.15) is 0 Å². The van der Waals surface area contributed by atoms with Gasteiger partial charge in [0.05, 0.1) is 6.10 Å². The molecule has 2 nitrogen and oxygen atoms in total. The van der Waals surface area contributed by atoms with E-state index in [0.717, 1.165) is 13.0 Å². The lowest BCUT2D eigenvalue weighted by Gasteiger charge is -2.26. The first kappa shape index (κ1) is 13.6. The molecule has 3 atom stereocenters. The monoisotopic (exact) mass is 247 g/mol. The summed E-state index contributed by atoms with van der Waals surface area (Å²) in [4.78, 5) is 0. The first-order chi connectivity index (χ1) is 8.61. The molecule has 0 bridgehead atoms. The summed E-state index contributed by atoms with van der Waals surface area (Å²) in [5, 5.41) is 3.44. The minimum Gasteiger partial charge on any atom is -0.376 e. The van der Waals surface area contributed by atoms with E-state index in [0.29, 0.717) is 18.1 Å². The summed E-state index contributed by atoms with van der Waals surface area (Å²) in [5.41, 5.74) is 4.16. The van der Waals surface area contributed by atoms with Crippen LogP contribution in [-0.4, -0.2) is 25.8 Å². The summed E-state index contributed by atoms with van der Waals surface area (Å²) in [7, 11) is 2.05. The van der Waals surface area contributed by atoms with Gasteiger partial charge in [-0.25, -0.2) is 0 Å². The second-order valence-corrected chi connectivity index (χ2v) is 5.63. The van der Waals surface area contributed by atoms with Gasteiger partial charge in [0.25, 0.3) is 0 Å². The quantitative estimate of drug-likeness (QED) is 0.883. The minimum atomic E-state index is 0.356. The Morgan fingerprint density at radius 3 is 2.78 bits per heavy atom. The van der Waals surface area contributed by atoms with Crippen LogP contribution in [0.25, 0.3) is 0 Å². The maximum atomic E-state index is 5.90. The summed E-state index contributed by atoms with van der Waals surface area (Å²) in [6, 6.07) is 7.13. The number of ether oxygens (including phenoxy) is 1. The van der Waals surface area contributed by atoms with Crippen molar-refractivity contribution in [1.29, 1.82) is 0 Å². The molecule has 3 unspecified atom stereocenters. The van der Waals surface area contributed by atoms with Gasteiger partial charge in [0.1, 0.15) is 0 Å². The Morgan fingerprint density at radius 1 is 1.39 bits per heavy atom. The van der Waals surface area contributed by atoms with Gasteiger partial charge in [0.15, 0.2) is 0 Å². The van der Waals surface area contributed by atoms with Crippen LogP contribution in [0.2, 0.25) is 0 Å². The molecule has 1 aromatic carbocycles. The van der Waals surface area contributed by atoms with E-state index >= 15 is 0 Å². The maximum Gasteiger partial charge on any atom is 0.0757 e. The van der Waals surface area contributed by atoms with Gasteiger partial charge in [-0.05, 0) is 50.8 Å². The number of hydrogen-bond donors (Lipinski definition) is 1. The van der Waals surface area contributed by atoms with Crippen LogP contribution in [0.5, 0.6) is 0 Å². The predicted molar refractivity (Wildman–Crippen MR) is 76.0 cm³/mol. The SMILES string of the molecule is CNC(Cc1cc(C)ccc1C)C1OCCC1C. The van der Waals surface area contributed by atoms with Gasteiger partial charge in [-0.15, -0.1) is 0 Å². The summed E-state index contributed by atoms with van der Waals surface area (Å²) in [6.45, 7) is 7.56. The average molecular weight is 247 g/mol. The highest BCUT2D eigenvalue weighted by Gasteiger charge is 2.31. The van der Waals surface area contributed by atoms with Gasteiger partial charge in [0.2, 0.25) is 0 Å². The minimum absolute atomic E-state index is 0.356. The fourth-order valence-corrected chi connectivity index (χ4v) is 2.87. The van der Waals surface area contributed by atoms with Crippen molar-refractivity contribution < 1.29 is 4.74 Å². The molecule has 0 aromatic heterocycles. The van der Waals surface area contributed by atoms with Crippen molar-refractivity contribution in [3.05, 3.63) is 34.9 Å². The third-order valence-electron chi connectivity index (χ3n) is 4.16. The lowest BCUT2D eigenvalue weighted by molar-refractivity contribution is 0.0633. The summed E-state index contributed by atoms with van der Waals surface area (Å²) in [5.74, 6) is 0.660.